The van der Waals surface area contributed by atoms with Crippen LogP contribution in [-0.2, 0) is 0 Å². The standard InChI is InChI=1S/C17H23NO2/c1-4-17(18-12(2)11-19)15-6-5-14-10-16(20-3)8-7-13(14)9-15/h5-10,12,17-19H,4,11H2,1-3H3/t12-,17?/m1/s1. The van der Waals surface area contributed by atoms with Gasteiger partial charge in [0.1, 0.15) is 5.75 Å². The summed E-state index contributed by atoms with van der Waals surface area (Å²) in [5.74, 6) is 0.879. The predicted octanol–water partition coefficient (Wildman–Crippen LogP) is 3.27. The Morgan fingerprint density at radius 1 is 1.15 bits per heavy atom. The molecule has 2 aromatic carbocycles. The van der Waals surface area contributed by atoms with Crippen LogP contribution in [0.25, 0.3) is 10.8 Å². The lowest BCUT2D eigenvalue weighted by atomic mass is 9.99. The molecular weight excluding hydrogens is 250 g/mol. The molecule has 0 aliphatic carbocycles. The van der Waals surface area contributed by atoms with Crippen molar-refractivity contribution in [1.82, 2.24) is 5.32 Å². The summed E-state index contributed by atoms with van der Waals surface area (Å²) < 4.78 is 5.25. The Morgan fingerprint density at radius 3 is 2.50 bits per heavy atom. The highest BCUT2D eigenvalue weighted by molar-refractivity contribution is 5.84. The van der Waals surface area contributed by atoms with Crippen molar-refractivity contribution in [3.05, 3.63) is 42.0 Å². The molecule has 3 heteroatoms. The minimum atomic E-state index is 0.103. The zero-order valence-corrected chi connectivity index (χ0v) is 12.4. The molecule has 1 unspecified atom stereocenters. The second-order valence-electron chi connectivity index (χ2n) is 5.18. The molecule has 0 spiro atoms. The van der Waals surface area contributed by atoms with Gasteiger partial charge in [-0.1, -0.05) is 25.1 Å². The van der Waals surface area contributed by atoms with Gasteiger partial charge in [0.15, 0.2) is 0 Å². The van der Waals surface area contributed by atoms with E-state index in [4.69, 9.17) is 4.74 Å². The van der Waals surface area contributed by atoms with Gasteiger partial charge in [0.25, 0.3) is 0 Å². The molecule has 0 bridgehead atoms. The Kier molecular flexibility index (Phi) is 4.99. The van der Waals surface area contributed by atoms with Gasteiger partial charge in [0.2, 0.25) is 0 Å². The van der Waals surface area contributed by atoms with Crippen LogP contribution >= 0.6 is 0 Å². The number of nitrogens with one attached hydrogen (secondary N) is 1. The molecule has 3 nitrogen and oxygen atoms in total. The lowest BCUT2D eigenvalue weighted by Crippen LogP contribution is -2.32. The highest BCUT2D eigenvalue weighted by Crippen LogP contribution is 2.25. The average Bonchev–Trinajstić information content (AvgIpc) is 2.51. The quantitative estimate of drug-likeness (QED) is 0.848. The number of ether oxygens (including phenoxy) is 1. The van der Waals surface area contributed by atoms with Crippen molar-refractivity contribution in [2.75, 3.05) is 13.7 Å². The molecule has 0 radical (unpaired) electrons. The maximum absolute atomic E-state index is 9.18. The van der Waals surface area contributed by atoms with E-state index in [-0.39, 0.29) is 18.7 Å². The third-order valence-electron chi connectivity index (χ3n) is 3.64. The third-order valence-corrected chi connectivity index (χ3v) is 3.64. The smallest absolute Gasteiger partial charge is 0.119 e. The molecule has 0 aliphatic heterocycles. The fourth-order valence-corrected chi connectivity index (χ4v) is 2.43. The van der Waals surface area contributed by atoms with Crippen LogP contribution in [0.5, 0.6) is 5.75 Å². The first-order valence-electron chi connectivity index (χ1n) is 7.12. The summed E-state index contributed by atoms with van der Waals surface area (Å²) in [6.07, 6.45) is 0.992. The topological polar surface area (TPSA) is 41.5 Å². The SMILES string of the molecule is CCC(N[C@H](C)CO)c1ccc2cc(OC)ccc2c1. The number of hydrogen-bond donors (Lipinski definition) is 2. The minimum absolute atomic E-state index is 0.103. The van der Waals surface area contributed by atoms with Crippen LogP contribution in [0.4, 0.5) is 0 Å². The summed E-state index contributed by atoms with van der Waals surface area (Å²) >= 11 is 0. The molecule has 0 fully saturated rings. The number of benzene rings is 2. The Labute approximate surface area is 120 Å². The summed E-state index contributed by atoms with van der Waals surface area (Å²) in [4.78, 5) is 0. The van der Waals surface area contributed by atoms with Crippen LogP contribution in [0.3, 0.4) is 0 Å². The fraction of sp³-hybridized carbons (Fsp3) is 0.412. The molecular formula is C17H23NO2. The zero-order chi connectivity index (χ0) is 14.5. The summed E-state index contributed by atoms with van der Waals surface area (Å²) in [5.41, 5.74) is 1.26. The Bertz CT molecular complexity index is 568. The van der Waals surface area contributed by atoms with Crippen LogP contribution in [0.2, 0.25) is 0 Å². The molecule has 2 rings (SSSR count). The van der Waals surface area contributed by atoms with Crippen molar-refractivity contribution in [3.8, 4) is 5.75 Å². The second-order valence-corrected chi connectivity index (χ2v) is 5.18. The average molecular weight is 273 g/mol. The van der Waals surface area contributed by atoms with E-state index in [0.717, 1.165) is 12.2 Å². The first-order chi connectivity index (χ1) is 9.67. The highest BCUT2D eigenvalue weighted by atomic mass is 16.5. The van der Waals surface area contributed by atoms with Gasteiger partial charge in [-0.25, -0.2) is 0 Å². The lowest BCUT2D eigenvalue weighted by molar-refractivity contribution is 0.239. The third kappa shape index (κ3) is 3.30. The molecule has 0 heterocycles. The van der Waals surface area contributed by atoms with Crippen LogP contribution in [0, 0.1) is 0 Å². The minimum Gasteiger partial charge on any atom is -0.497 e. The molecule has 2 aromatic rings. The van der Waals surface area contributed by atoms with E-state index >= 15 is 0 Å². The van der Waals surface area contributed by atoms with Gasteiger partial charge in [-0.15, -0.1) is 0 Å². The fourth-order valence-electron chi connectivity index (χ4n) is 2.43. The second kappa shape index (κ2) is 6.73. The van der Waals surface area contributed by atoms with E-state index in [0.29, 0.717) is 0 Å². The van der Waals surface area contributed by atoms with Gasteiger partial charge in [-0.3, -0.25) is 0 Å². The van der Waals surface area contributed by atoms with Crippen molar-refractivity contribution in [2.24, 2.45) is 0 Å². The number of aliphatic hydroxyl groups excluding tert-OH is 1. The van der Waals surface area contributed by atoms with E-state index in [2.05, 4.69) is 36.5 Å². The van der Waals surface area contributed by atoms with E-state index in [9.17, 15) is 5.11 Å². The number of fused-ring (bicyclic) bond motifs is 1. The van der Waals surface area contributed by atoms with Gasteiger partial charge in [0.05, 0.1) is 13.7 Å². The Balaban J connectivity index is 2.30. The summed E-state index contributed by atoms with van der Waals surface area (Å²) in [5, 5.41) is 15.0. The summed E-state index contributed by atoms with van der Waals surface area (Å²) in [6, 6.07) is 13.0. The predicted molar refractivity (Wildman–Crippen MR) is 83.2 cm³/mol. The Hall–Kier alpha value is -1.58. The van der Waals surface area contributed by atoms with Crippen LogP contribution < -0.4 is 10.1 Å². The van der Waals surface area contributed by atoms with Gasteiger partial charge < -0.3 is 15.2 Å². The highest BCUT2D eigenvalue weighted by Gasteiger charge is 2.12. The number of methoxy groups -OCH3 is 1. The van der Waals surface area contributed by atoms with E-state index in [1.54, 1.807) is 7.11 Å². The van der Waals surface area contributed by atoms with Crippen LogP contribution in [0.1, 0.15) is 31.9 Å². The van der Waals surface area contributed by atoms with Crippen LogP contribution in [0.15, 0.2) is 36.4 Å². The van der Waals surface area contributed by atoms with Crippen molar-refractivity contribution < 1.29 is 9.84 Å². The van der Waals surface area contributed by atoms with Crippen molar-refractivity contribution >= 4 is 10.8 Å². The number of hydrogen-bond acceptors (Lipinski definition) is 3. The molecule has 0 saturated carbocycles. The molecule has 0 saturated heterocycles. The molecule has 2 atom stereocenters. The van der Waals surface area contributed by atoms with Crippen LogP contribution in [-0.4, -0.2) is 24.9 Å². The van der Waals surface area contributed by atoms with E-state index in [1.807, 2.05) is 19.1 Å². The Morgan fingerprint density at radius 2 is 1.85 bits per heavy atom. The first kappa shape index (κ1) is 14.8. The van der Waals surface area contributed by atoms with Crippen molar-refractivity contribution in [1.29, 1.82) is 0 Å². The normalized spacial score (nSPS) is 14.2. The maximum atomic E-state index is 9.18. The monoisotopic (exact) mass is 273 g/mol. The molecule has 0 aliphatic rings. The first-order valence-corrected chi connectivity index (χ1v) is 7.12. The van der Waals surface area contributed by atoms with Crippen molar-refractivity contribution in [2.45, 2.75) is 32.4 Å². The summed E-state index contributed by atoms with van der Waals surface area (Å²) in [6.45, 7) is 4.30. The van der Waals surface area contributed by atoms with E-state index < -0.39 is 0 Å². The summed E-state index contributed by atoms with van der Waals surface area (Å²) in [7, 11) is 1.68. The van der Waals surface area contributed by atoms with Crippen molar-refractivity contribution in [3.63, 3.8) is 0 Å². The largest absolute Gasteiger partial charge is 0.497 e. The molecule has 108 valence electrons. The van der Waals surface area contributed by atoms with Gasteiger partial charge in [-0.2, -0.15) is 0 Å². The zero-order valence-electron chi connectivity index (χ0n) is 12.4. The van der Waals surface area contributed by atoms with Gasteiger partial charge in [-0.05, 0) is 47.9 Å². The molecule has 2 N–H and O–H groups in total. The molecule has 0 aromatic heterocycles. The van der Waals surface area contributed by atoms with Gasteiger partial charge >= 0.3 is 0 Å². The lowest BCUT2D eigenvalue weighted by Gasteiger charge is -2.21. The molecule has 0 amide bonds. The van der Waals surface area contributed by atoms with Gasteiger partial charge in [0, 0.05) is 12.1 Å². The number of aliphatic hydroxyl groups is 1. The maximum Gasteiger partial charge on any atom is 0.119 e. The van der Waals surface area contributed by atoms with E-state index in [1.165, 1.54) is 16.3 Å². The number of rotatable bonds is 6. The molecule has 20 heavy (non-hydrogen) atoms.